The van der Waals surface area contributed by atoms with Gasteiger partial charge in [0.05, 0.1) is 26.4 Å². The molecule has 0 amide bonds. The highest BCUT2D eigenvalue weighted by molar-refractivity contribution is 7.47. The van der Waals surface area contributed by atoms with Gasteiger partial charge in [-0.1, -0.05) is 273 Å². The monoisotopic (exact) mass is 1420 g/mol. The number of hydrogen-bond acceptors (Lipinski definition) is 15. The van der Waals surface area contributed by atoms with E-state index in [1.807, 2.05) is 12.2 Å². The van der Waals surface area contributed by atoms with E-state index in [0.29, 0.717) is 32.1 Å². The van der Waals surface area contributed by atoms with Crippen LogP contribution in [0.5, 0.6) is 0 Å². The Bertz CT molecular complexity index is 2190. The van der Waals surface area contributed by atoms with Crippen molar-refractivity contribution in [3.8, 4) is 0 Å². The Balaban J connectivity index is 5.39. The van der Waals surface area contributed by atoms with E-state index in [0.717, 1.165) is 128 Å². The van der Waals surface area contributed by atoms with Crippen molar-refractivity contribution in [1.82, 2.24) is 0 Å². The van der Waals surface area contributed by atoms with Gasteiger partial charge in [0.1, 0.15) is 19.3 Å². The minimum atomic E-state index is -4.99. The second-order valence-corrected chi connectivity index (χ2v) is 28.9. The first-order chi connectivity index (χ1) is 47.7. The molecule has 3 N–H and O–H groups in total. The number of aliphatic hydroxyl groups excluding tert-OH is 1. The van der Waals surface area contributed by atoms with Crippen LogP contribution in [-0.2, 0) is 65.4 Å². The molecule has 0 spiro atoms. The van der Waals surface area contributed by atoms with Gasteiger partial charge in [0, 0.05) is 25.7 Å². The highest BCUT2D eigenvalue weighted by Crippen LogP contribution is 2.45. The number of allylic oxidation sites excluding steroid dienone is 14. The fraction of sp³-hybridized carbons (Fsp3) is 0.772. The lowest BCUT2D eigenvalue weighted by Gasteiger charge is -2.21. The Labute approximate surface area is 595 Å². The fourth-order valence-corrected chi connectivity index (χ4v) is 11.9. The van der Waals surface area contributed by atoms with Gasteiger partial charge in [-0.15, -0.1) is 0 Å². The zero-order valence-corrected chi connectivity index (χ0v) is 63.7. The van der Waals surface area contributed by atoms with Gasteiger partial charge < -0.3 is 33.8 Å². The van der Waals surface area contributed by atoms with E-state index in [-0.39, 0.29) is 25.7 Å². The molecule has 0 aromatic rings. The molecule has 0 bridgehead atoms. The summed E-state index contributed by atoms with van der Waals surface area (Å²) in [6, 6.07) is 0. The molecule has 0 heterocycles. The lowest BCUT2D eigenvalue weighted by Crippen LogP contribution is -2.30. The van der Waals surface area contributed by atoms with Crippen LogP contribution in [-0.4, -0.2) is 96.7 Å². The van der Waals surface area contributed by atoms with Crippen molar-refractivity contribution in [3.05, 3.63) is 85.1 Å². The molecular formula is C79H140O17P2. The van der Waals surface area contributed by atoms with Gasteiger partial charge in [0.25, 0.3) is 0 Å². The van der Waals surface area contributed by atoms with Crippen molar-refractivity contribution in [2.24, 2.45) is 0 Å². The predicted octanol–water partition coefficient (Wildman–Crippen LogP) is 22.2. The van der Waals surface area contributed by atoms with Crippen LogP contribution in [0.1, 0.15) is 336 Å². The maximum atomic E-state index is 13.1. The summed E-state index contributed by atoms with van der Waals surface area (Å²) in [7, 11) is -9.96. The number of aliphatic hydroxyl groups is 1. The van der Waals surface area contributed by atoms with Gasteiger partial charge in [0.15, 0.2) is 12.2 Å². The SMILES string of the molecule is CCCCC/C=C\C/C=C\C/C=C\C/C=C\CCCC(=O)OC[C@H](COP(=O)(O)OC[C@H](O)COP(=O)(O)OC[C@@H](COC(=O)CCCCCCCCCCCCCCC)OC(=O)CCCCCCC/C=C\CCCCCC)OC(=O)CCCCCCC/C=C\C/C=C\CCCCC. The van der Waals surface area contributed by atoms with Crippen molar-refractivity contribution < 1.29 is 80.2 Å². The van der Waals surface area contributed by atoms with E-state index in [2.05, 4.69) is 101 Å². The molecule has 568 valence electrons. The van der Waals surface area contributed by atoms with Gasteiger partial charge in [-0.3, -0.25) is 37.3 Å². The van der Waals surface area contributed by atoms with Crippen LogP contribution >= 0.6 is 15.6 Å². The quantitative estimate of drug-likeness (QED) is 0.0169. The largest absolute Gasteiger partial charge is 0.472 e. The molecule has 0 aromatic heterocycles. The van der Waals surface area contributed by atoms with Gasteiger partial charge in [-0.05, 0) is 122 Å². The molecule has 0 saturated carbocycles. The third-order valence-electron chi connectivity index (χ3n) is 16.3. The van der Waals surface area contributed by atoms with Gasteiger partial charge in [-0.25, -0.2) is 9.13 Å². The first-order valence-corrected chi connectivity index (χ1v) is 41.8. The Kier molecular flexibility index (Phi) is 68.9. The summed E-state index contributed by atoms with van der Waals surface area (Å²) in [5.41, 5.74) is 0. The molecule has 98 heavy (non-hydrogen) atoms. The minimum absolute atomic E-state index is 0.0683. The van der Waals surface area contributed by atoms with E-state index in [4.69, 9.17) is 37.0 Å². The Morgan fingerprint density at radius 1 is 0.286 bits per heavy atom. The average molecular weight is 1420 g/mol. The molecule has 0 saturated heterocycles. The second kappa shape index (κ2) is 71.6. The number of ether oxygens (including phenoxy) is 4. The summed E-state index contributed by atoms with van der Waals surface area (Å²) in [4.78, 5) is 72.8. The number of rotatable bonds is 73. The Hall–Kier alpha value is -3.76. The smallest absolute Gasteiger partial charge is 0.462 e. The molecule has 19 heteroatoms. The third-order valence-corrected chi connectivity index (χ3v) is 18.2. The van der Waals surface area contributed by atoms with Crippen LogP contribution < -0.4 is 0 Å². The van der Waals surface area contributed by atoms with E-state index in [9.17, 15) is 43.2 Å². The first kappa shape index (κ1) is 94.2. The van der Waals surface area contributed by atoms with Crippen LogP contribution in [0.25, 0.3) is 0 Å². The van der Waals surface area contributed by atoms with Gasteiger partial charge >= 0.3 is 39.5 Å². The zero-order chi connectivity index (χ0) is 71.8. The number of carbonyl (C=O) groups is 4. The second-order valence-electron chi connectivity index (χ2n) is 25.9. The summed E-state index contributed by atoms with van der Waals surface area (Å²) < 4.78 is 68.4. The van der Waals surface area contributed by atoms with Crippen LogP contribution in [0.3, 0.4) is 0 Å². The summed E-state index contributed by atoms with van der Waals surface area (Å²) in [5.74, 6) is -2.25. The number of phosphoric ester groups is 2. The average Bonchev–Trinajstić information content (AvgIpc) is 1.05. The molecule has 17 nitrogen and oxygen atoms in total. The topological polar surface area (TPSA) is 237 Å². The highest BCUT2D eigenvalue weighted by Gasteiger charge is 2.30. The molecule has 0 aromatic carbocycles. The highest BCUT2D eigenvalue weighted by atomic mass is 31.2. The molecule has 0 fully saturated rings. The normalized spacial score (nSPS) is 14.4. The van der Waals surface area contributed by atoms with E-state index < -0.39 is 97.5 Å². The van der Waals surface area contributed by atoms with Gasteiger partial charge in [-0.2, -0.15) is 0 Å². The van der Waals surface area contributed by atoms with Crippen molar-refractivity contribution in [1.29, 1.82) is 0 Å². The molecule has 2 unspecified atom stereocenters. The molecule has 0 aliphatic carbocycles. The zero-order valence-electron chi connectivity index (χ0n) is 62.0. The maximum absolute atomic E-state index is 13.1. The fourth-order valence-electron chi connectivity index (χ4n) is 10.4. The Morgan fingerprint density at radius 3 is 0.847 bits per heavy atom. The maximum Gasteiger partial charge on any atom is 0.472 e. The molecule has 0 radical (unpaired) electrons. The summed E-state index contributed by atoms with van der Waals surface area (Å²) >= 11 is 0. The van der Waals surface area contributed by atoms with Gasteiger partial charge in [0.2, 0.25) is 0 Å². The molecular weight excluding hydrogens is 1280 g/mol. The van der Waals surface area contributed by atoms with Crippen molar-refractivity contribution >= 4 is 39.5 Å². The number of esters is 4. The summed E-state index contributed by atoms with van der Waals surface area (Å²) in [5, 5.41) is 10.6. The van der Waals surface area contributed by atoms with Crippen LogP contribution in [0.2, 0.25) is 0 Å². The molecule has 0 aliphatic rings. The van der Waals surface area contributed by atoms with Crippen molar-refractivity contribution in [2.75, 3.05) is 39.6 Å². The van der Waals surface area contributed by atoms with Crippen molar-refractivity contribution in [2.45, 2.75) is 354 Å². The van der Waals surface area contributed by atoms with E-state index >= 15 is 0 Å². The predicted molar refractivity (Wildman–Crippen MR) is 399 cm³/mol. The lowest BCUT2D eigenvalue weighted by atomic mass is 10.0. The number of phosphoric acid groups is 2. The van der Waals surface area contributed by atoms with Crippen LogP contribution in [0.15, 0.2) is 85.1 Å². The third kappa shape index (κ3) is 70.7. The summed E-state index contributed by atoms with van der Waals surface area (Å²) in [6.45, 7) is 4.75. The lowest BCUT2D eigenvalue weighted by molar-refractivity contribution is -0.161. The first-order valence-electron chi connectivity index (χ1n) is 38.8. The van der Waals surface area contributed by atoms with E-state index in [1.165, 1.54) is 122 Å². The number of carbonyl (C=O) groups excluding carboxylic acids is 4. The standard InChI is InChI=1S/C79H140O17P2/c1-5-9-13-17-21-25-29-33-35-36-38-41-44-48-52-56-60-64-77(82)90-70-75(96-79(84)66-62-58-54-50-46-42-37-34-30-26-22-18-14-10-6-2)72-94-98(87,88)92-68-73(80)67-91-97(85,86)93-71-74(95-78(83)65-61-57-53-49-45-40-32-28-24-20-16-12-8-4)69-89-76(81)63-59-55-51-47-43-39-31-27-23-19-15-11-7-3/h21-22,25-26,28,32-35,37-38,41,48,52,73-75,80H,5-20,23-24,27,29-31,36,39-40,42-47,49-51,53-72H2,1-4H3,(H,85,86)(H,87,88)/b25-21-,26-22-,32-28-,35-33-,37-34-,41-38-,52-48-/t73-,74-,75-/m1/s1. The number of hydrogen-bond donors (Lipinski definition) is 3. The van der Waals surface area contributed by atoms with Crippen molar-refractivity contribution in [3.63, 3.8) is 0 Å². The molecule has 5 atom stereocenters. The summed E-state index contributed by atoms with van der Waals surface area (Å²) in [6.07, 6.45) is 72.9. The minimum Gasteiger partial charge on any atom is -0.462 e. The number of unbranched alkanes of at least 4 members (excludes halogenated alkanes) is 33. The molecule has 0 rings (SSSR count). The van der Waals surface area contributed by atoms with Crippen LogP contribution in [0, 0.1) is 0 Å². The van der Waals surface area contributed by atoms with E-state index in [1.54, 1.807) is 0 Å². The Morgan fingerprint density at radius 2 is 0.510 bits per heavy atom. The van der Waals surface area contributed by atoms with Crippen LogP contribution in [0.4, 0.5) is 0 Å². The molecule has 0 aliphatic heterocycles.